The van der Waals surface area contributed by atoms with Crippen molar-refractivity contribution < 1.29 is 4.79 Å². The quantitative estimate of drug-likeness (QED) is 0.886. The Bertz CT molecular complexity index is 671. The molecule has 1 aromatic heterocycles. The summed E-state index contributed by atoms with van der Waals surface area (Å²) in [6, 6.07) is 7.52. The average molecular weight is 365 g/mol. The highest BCUT2D eigenvalue weighted by Crippen LogP contribution is 2.22. The van der Waals surface area contributed by atoms with Crippen LogP contribution < -0.4 is 10.2 Å². The molecule has 1 aromatic carbocycles. The lowest BCUT2D eigenvalue weighted by Crippen LogP contribution is -2.49. The predicted molar refractivity (Wildman–Crippen MR) is 98.8 cm³/mol. The minimum Gasteiger partial charge on any atom is -0.348 e. The van der Waals surface area contributed by atoms with Gasteiger partial charge < -0.3 is 10.2 Å². The number of aromatic nitrogens is 1. The minimum absolute atomic E-state index is 0.0325. The molecular formula is C17H21ClN4OS. The summed E-state index contributed by atoms with van der Waals surface area (Å²) >= 11 is 7.84. The van der Waals surface area contributed by atoms with Crippen LogP contribution in [0.1, 0.15) is 18.5 Å². The first-order valence-corrected chi connectivity index (χ1v) is 9.30. The van der Waals surface area contributed by atoms with Crippen molar-refractivity contribution in [1.82, 2.24) is 15.2 Å². The van der Waals surface area contributed by atoms with Crippen LogP contribution in [0.4, 0.5) is 5.13 Å². The van der Waals surface area contributed by atoms with Crippen LogP contribution in [0.25, 0.3) is 0 Å². The highest BCUT2D eigenvalue weighted by Gasteiger charge is 2.21. The molecule has 1 amide bonds. The van der Waals surface area contributed by atoms with Gasteiger partial charge >= 0.3 is 0 Å². The number of nitrogens with one attached hydrogen (secondary N) is 1. The number of anilines is 1. The molecule has 2 aromatic rings. The lowest BCUT2D eigenvalue weighted by Gasteiger charge is -2.34. The lowest BCUT2D eigenvalue weighted by atomic mass is 10.1. The Morgan fingerprint density at radius 1 is 1.33 bits per heavy atom. The topological polar surface area (TPSA) is 48.5 Å². The van der Waals surface area contributed by atoms with Crippen molar-refractivity contribution in [3.63, 3.8) is 0 Å². The van der Waals surface area contributed by atoms with Crippen LogP contribution in [0.2, 0.25) is 5.02 Å². The normalized spacial score (nSPS) is 16.8. The molecule has 0 aliphatic carbocycles. The maximum atomic E-state index is 12.3. The van der Waals surface area contributed by atoms with E-state index in [0.717, 1.165) is 36.9 Å². The second-order valence-corrected chi connectivity index (χ2v) is 7.17. The monoisotopic (exact) mass is 364 g/mol. The van der Waals surface area contributed by atoms with Crippen LogP contribution in [0.15, 0.2) is 35.8 Å². The van der Waals surface area contributed by atoms with Crippen LogP contribution in [0.3, 0.4) is 0 Å². The van der Waals surface area contributed by atoms with Crippen molar-refractivity contribution in [3.05, 3.63) is 46.4 Å². The van der Waals surface area contributed by atoms with E-state index in [2.05, 4.69) is 20.1 Å². The van der Waals surface area contributed by atoms with Crippen molar-refractivity contribution in [2.45, 2.75) is 13.0 Å². The first kappa shape index (κ1) is 17.2. The molecule has 3 rings (SSSR count). The predicted octanol–water partition coefficient (Wildman–Crippen LogP) is 2.80. The Labute approximate surface area is 151 Å². The molecule has 0 bridgehead atoms. The lowest BCUT2D eigenvalue weighted by molar-refractivity contribution is -0.123. The van der Waals surface area contributed by atoms with Crippen LogP contribution >= 0.6 is 22.9 Å². The minimum atomic E-state index is -0.0946. The fourth-order valence-corrected chi connectivity index (χ4v) is 3.86. The highest BCUT2D eigenvalue weighted by molar-refractivity contribution is 7.13. The van der Waals surface area contributed by atoms with E-state index in [1.54, 1.807) is 11.3 Å². The van der Waals surface area contributed by atoms with E-state index in [9.17, 15) is 4.79 Å². The molecule has 2 heterocycles. The van der Waals surface area contributed by atoms with Crippen LogP contribution in [-0.4, -0.2) is 48.5 Å². The molecule has 1 aliphatic rings. The van der Waals surface area contributed by atoms with E-state index < -0.39 is 0 Å². The Hall–Kier alpha value is -1.63. The smallest absolute Gasteiger partial charge is 0.234 e. The van der Waals surface area contributed by atoms with E-state index in [-0.39, 0.29) is 11.9 Å². The molecule has 1 aliphatic heterocycles. The van der Waals surface area contributed by atoms with Crippen molar-refractivity contribution >= 4 is 34.0 Å². The molecule has 0 spiro atoms. The van der Waals surface area contributed by atoms with Crippen LogP contribution in [-0.2, 0) is 4.79 Å². The van der Waals surface area contributed by atoms with E-state index in [1.165, 1.54) is 0 Å². The van der Waals surface area contributed by atoms with Crippen molar-refractivity contribution in [2.24, 2.45) is 0 Å². The number of hydrogen-bond acceptors (Lipinski definition) is 5. The summed E-state index contributed by atoms with van der Waals surface area (Å²) in [5, 5.41) is 6.77. The summed E-state index contributed by atoms with van der Waals surface area (Å²) in [5.41, 5.74) is 0.945. The van der Waals surface area contributed by atoms with E-state index >= 15 is 0 Å². The van der Waals surface area contributed by atoms with Gasteiger partial charge in [-0.05, 0) is 18.6 Å². The third-order valence-electron chi connectivity index (χ3n) is 4.18. The molecule has 1 N–H and O–H groups in total. The summed E-state index contributed by atoms with van der Waals surface area (Å²) in [4.78, 5) is 21.1. The van der Waals surface area contributed by atoms with Gasteiger partial charge in [-0.25, -0.2) is 4.98 Å². The molecular weight excluding hydrogens is 344 g/mol. The van der Waals surface area contributed by atoms with Gasteiger partial charge in [0, 0.05) is 42.8 Å². The van der Waals surface area contributed by atoms with Gasteiger partial charge in [-0.15, -0.1) is 11.3 Å². The van der Waals surface area contributed by atoms with Crippen molar-refractivity contribution in [2.75, 3.05) is 37.6 Å². The zero-order valence-electron chi connectivity index (χ0n) is 13.6. The zero-order chi connectivity index (χ0) is 16.9. The average Bonchev–Trinajstić information content (AvgIpc) is 3.10. The Kier molecular flexibility index (Phi) is 5.71. The Balaban J connectivity index is 1.47. The summed E-state index contributed by atoms with van der Waals surface area (Å²) in [5.74, 6) is 0.0325. The number of benzene rings is 1. The number of thiazole rings is 1. The number of amides is 1. The molecule has 1 fully saturated rings. The number of rotatable bonds is 5. The molecule has 0 saturated carbocycles. The van der Waals surface area contributed by atoms with Crippen LogP contribution in [0, 0.1) is 0 Å². The number of piperazine rings is 1. The molecule has 24 heavy (non-hydrogen) atoms. The number of hydrogen-bond donors (Lipinski definition) is 1. The molecule has 5 nitrogen and oxygen atoms in total. The zero-order valence-corrected chi connectivity index (χ0v) is 15.2. The van der Waals surface area contributed by atoms with Gasteiger partial charge in [-0.2, -0.15) is 0 Å². The third-order valence-corrected chi connectivity index (χ3v) is 5.35. The summed E-state index contributed by atoms with van der Waals surface area (Å²) in [6.45, 7) is 5.92. The Morgan fingerprint density at radius 2 is 2.08 bits per heavy atom. The van der Waals surface area contributed by atoms with Gasteiger partial charge in [-0.1, -0.05) is 29.8 Å². The SMILES string of the molecule is CC(NC(=O)CN1CCN(c2nccs2)CC1)c1ccccc1Cl. The van der Waals surface area contributed by atoms with Gasteiger partial charge in [0.1, 0.15) is 0 Å². The molecule has 128 valence electrons. The van der Waals surface area contributed by atoms with Crippen molar-refractivity contribution in [1.29, 1.82) is 0 Å². The van der Waals surface area contributed by atoms with Crippen LogP contribution in [0.5, 0.6) is 0 Å². The second-order valence-electron chi connectivity index (χ2n) is 5.89. The molecule has 7 heteroatoms. The maximum absolute atomic E-state index is 12.3. The molecule has 1 unspecified atom stereocenters. The van der Waals surface area contributed by atoms with Gasteiger partial charge in [0.05, 0.1) is 12.6 Å². The number of carbonyl (C=O) groups is 1. The molecule has 0 radical (unpaired) electrons. The fourth-order valence-electron chi connectivity index (χ4n) is 2.86. The Morgan fingerprint density at radius 3 is 2.75 bits per heavy atom. The molecule has 1 saturated heterocycles. The highest BCUT2D eigenvalue weighted by atomic mass is 35.5. The van der Waals surface area contributed by atoms with Gasteiger partial charge in [-0.3, -0.25) is 9.69 Å². The molecule has 1 atom stereocenters. The number of halogens is 1. The fraction of sp³-hybridized carbons (Fsp3) is 0.412. The van der Waals surface area contributed by atoms with Gasteiger partial charge in [0.25, 0.3) is 0 Å². The summed E-state index contributed by atoms with van der Waals surface area (Å²) < 4.78 is 0. The number of carbonyl (C=O) groups excluding carboxylic acids is 1. The maximum Gasteiger partial charge on any atom is 0.234 e. The first-order chi connectivity index (χ1) is 11.6. The summed E-state index contributed by atoms with van der Waals surface area (Å²) in [7, 11) is 0. The summed E-state index contributed by atoms with van der Waals surface area (Å²) in [6.07, 6.45) is 1.83. The van der Waals surface area contributed by atoms with E-state index in [1.807, 2.05) is 42.8 Å². The second kappa shape index (κ2) is 7.96. The van der Waals surface area contributed by atoms with E-state index in [0.29, 0.717) is 11.6 Å². The van der Waals surface area contributed by atoms with Crippen molar-refractivity contribution in [3.8, 4) is 0 Å². The van der Waals surface area contributed by atoms with Gasteiger partial charge in [0.15, 0.2) is 5.13 Å². The standard InChI is InChI=1S/C17H21ClN4OS/c1-13(14-4-2-3-5-15(14)18)20-16(23)12-21-7-9-22(10-8-21)17-19-6-11-24-17/h2-6,11,13H,7-10,12H2,1H3,(H,20,23). The van der Waals surface area contributed by atoms with E-state index in [4.69, 9.17) is 11.6 Å². The first-order valence-electron chi connectivity index (χ1n) is 8.04. The largest absolute Gasteiger partial charge is 0.348 e. The number of nitrogens with zero attached hydrogens (tertiary/aromatic N) is 3. The van der Waals surface area contributed by atoms with Gasteiger partial charge in [0.2, 0.25) is 5.91 Å². The third kappa shape index (κ3) is 4.26.